The van der Waals surface area contributed by atoms with Crippen molar-refractivity contribution in [2.75, 3.05) is 13.2 Å². The minimum atomic E-state index is -0.348. The van der Waals surface area contributed by atoms with Crippen molar-refractivity contribution in [3.05, 3.63) is 35.9 Å². The topological polar surface area (TPSA) is 29.5 Å². The zero-order valence-corrected chi connectivity index (χ0v) is 9.36. The first kappa shape index (κ1) is 12.2. The van der Waals surface area contributed by atoms with Gasteiger partial charge in [0.15, 0.2) is 0 Å². The summed E-state index contributed by atoms with van der Waals surface area (Å²) in [7, 11) is 0. The number of unbranched alkanes of at least 4 members (excludes halogenated alkanes) is 1. The molecule has 0 aromatic heterocycles. The van der Waals surface area contributed by atoms with Crippen molar-refractivity contribution in [2.45, 2.75) is 32.3 Å². The van der Waals surface area contributed by atoms with Gasteiger partial charge in [-0.1, -0.05) is 30.3 Å². The summed E-state index contributed by atoms with van der Waals surface area (Å²) in [6.45, 7) is 2.94. The molecule has 0 spiro atoms. The molecule has 0 bridgehead atoms. The second-order valence-corrected chi connectivity index (χ2v) is 3.87. The van der Waals surface area contributed by atoms with Gasteiger partial charge in [0, 0.05) is 6.61 Å². The molecular weight excluding hydrogens is 188 g/mol. The molecular formula is C13H20O2. The Hall–Kier alpha value is -0.860. The van der Waals surface area contributed by atoms with Crippen LogP contribution >= 0.6 is 0 Å². The molecule has 15 heavy (non-hydrogen) atoms. The molecule has 0 amide bonds. The van der Waals surface area contributed by atoms with Gasteiger partial charge in [0.1, 0.15) is 0 Å². The van der Waals surface area contributed by atoms with Gasteiger partial charge < -0.3 is 9.84 Å². The minimum absolute atomic E-state index is 0.348. The number of aliphatic hydroxyl groups excluding tert-OH is 1. The molecule has 0 saturated carbocycles. The highest BCUT2D eigenvalue weighted by Crippen LogP contribution is 2.04. The number of aliphatic hydroxyl groups is 1. The zero-order chi connectivity index (χ0) is 10.9. The Morgan fingerprint density at radius 1 is 1.20 bits per heavy atom. The van der Waals surface area contributed by atoms with Crippen LogP contribution in [-0.2, 0) is 11.2 Å². The van der Waals surface area contributed by atoms with Crippen LogP contribution in [0.3, 0.4) is 0 Å². The number of hydrogen-bond acceptors (Lipinski definition) is 2. The van der Waals surface area contributed by atoms with Gasteiger partial charge in [-0.15, -0.1) is 0 Å². The lowest BCUT2D eigenvalue weighted by atomic mass is 10.1. The maximum absolute atomic E-state index is 8.96. The lowest BCUT2D eigenvalue weighted by molar-refractivity contribution is 0.0447. The van der Waals surface area contributed by atoms with E-state index in [-0.39, 0.29) is 6.10 Å². The number of rotatable bonds is 7. The Balaban J connectivity index is 1.98. The van der Waals surface area contributed by atoms with E-state index in [0.717, 1.165) is 25.9 Å². The monoisotopic (exact) mass is 208 g/mol. The molecule has 1 rings (SSSR count). The SMILES string of the molecule is CC(O)COCCCCc1ccccc1. The summed E-state index contributed by atoms with van der Waals surface area (Å²) in [5, 5.41) is 8.96. The van der Waals surface area contributed by atoms with Gasteiger partial charge >= 0.3 is 0 Å². The van der Waals surface area contributed by atoms with Crippen molar-refractivity contribution in [3.63, 3.8) is 0 Å². The molecule has 0 aliphatic carbocycles. The normalized spacial score (nSPS) is 12.7. The van der Waals surface area contributed by atoms with Gasteiger partial charge in [-0.3, -0.25) is 0 Å². The highest BCUT2D eigenvalue weighted by Gasteiger charge is 1.95. The summed E-state index contributed by atoms with van der Waals surface area (Å²) >= 11 is 0. The quantitative estimate of drug-likeness (QED) is 0.697. The average molecular weight is 208 g/mol. The number of benzene rings is 1. The van der Waals surface area contributed by atoms with Gasteiger partial charge in [-0.25, -0.2) is 0 Å². The predicted octanol–water partition coefficient (Wildman–Crippen LogP) is 2.41. The molecule has 1 aromatic rings. The van der Waals surface area contributed by atoms with Crippen LogP contribution in [-0.4, -0.2) is 24.4 Å². The molecule has 0 aliphatic heterocycles. The van der Waals surface area contributed by atoms with Crippen LogP contribution in [0.4, 0.5) is 0 Å². The highest BCUT2D eigenvalue weighted by molar-refractivity contribution is 5.14. The van der Waals surface area contributed by atoms with Gasteiger partial charge in [0.2, 0.25) is 0 Å². The van der Waals surface area contributed by atoms with Crippen molar-refractivity contribution in [1.82, 2.24) is 0 Å². The minimum Gasteiger partial charge on any atom is -0.391 e. The Morgan fingerprint density at radius 3 is 2.60 bits per heavy atom. The molecule has 1 atom stereocenters. The molecule has 1 N–H and O–H groups in total. The first-order valence-corrected chi connectivity index (χ1v) is 5.59. The van der Waals surface area contributed by atoms with Crippen LogP contribution in [0.2, 0.25) is 0 Å². The fourth-order valence-electron chi connectivity index (χ4n) is 1.43. The molecule has 2 heteroatoms. The fraction of sp³-hybridized carbons (Fsp3) is 0.538. The number of hydrogen-bond donors (Lipinski definition) is 1. The predicted molar refractivity (Wildman–Crippen MR) is 61.9 cm³/mol. The Bertz CT molecular complexity index is 244. The third kappa shape index (κ3) is 6.26. The molecule has 0 saturated heterocycles. The van der Waals surface area contributed by atoms with Gasteiger partial charge in [0.25, 0.3) is 0 Å². The van der Waals surface area contributed by atoms with E-state index in [1.54, 1.807) is 6.92 Å². The Labute approximate surface area is 91.9 Å². The molecule has 0 aliphatic rings. The largest absolute Gasteiger partial charge is 0.391 e. The van der Waals surface area contributed by atoms with Crippen molar-refractivity contribution in [2.24, 2.45) is 0 Å². The summed E-state index contributed by atoms with van der Waals surface area (Å²) in [5.41, 5.74) is 1.38. The van der Waals surface area contributed by atoms with E-state index in [4.69, 9.17) is 9.84 Å². The van der Waals surface area contributed by atoms with E-state index < -0.39 is 0 Å². The summed E-state index contributed by atoms with van der Waals surface area (Å²) in [4.78, 5) is 0. The Kier molecular flexibility index (Phi) is 6.05. The molecule has 2 nitrogen and oxygen atoms in total. The molecule has 1 aromatic carbocycles. The molecule has 1 unspecified atom stereocenters. The molecule has 0 heterocycles. The summed E-state index contributed by atoms with van der Waals surface area (Å²) in [6.07, 6.45) is 2.96. The second kappa shape index (κ2) is 7.43. The second-order valence-electron chi connectivity index (χ2n) is 3.87. The van der Waals surface area contributed by atoms with Crippen LogP contribution in [0, 0.1) is 0 Å². The Morgan fingerprint density at radius 2 is 1.93 bits per heavy atom. The summed E-state index contributed by atoms with van der Waals surface area (Å²) in [6, 6.07) is 10.5. The smallest absolute Gasteiger partial charge is 0.0745 e. The van der Waals surface area contributed by atoms with E-state index in [0.29, 0.717) is 6.61 Å². The molecule has 0 radical (unpaired) electrons. The van der Waals surface area contributed by atoms with Crippen molar-refractivity contribution < 1.29 is 9.84 Å². The van der Waals surface area contributed by atoms with Crippen LogP contribution < -0.4 is 0 Å². The first-order chi connectivity index (χ1) is 7.29. The van der Waals surface area contributed by atoms with Crippen molar-refractivity contribution in [1.29, 1.82) is 0 Å². The van der Waals surface area contributed by atoms with Crippen molar-refractivity contribution >= 4 is 0 Å². The van der Waals surface area contributed by atoms with Gasteiger partial charge in [-0.05, 0) is 31.7 Å². The summed E-state index contributed by atoms with van der Waals surface area (Å²) < 4.78 is 5.28. The maximum Gasteiger partial charge on any atom is 0.0745 e. The molecule has 0 fully saturated rings. The van der Waals surface area contributed by atoms with E-state index in [9.17, 15) is 0 Å². The maximum atomic E-state index is 8.96. The van der Waals surface area contributed by atoms with Crippen LogP contribution in [0.5, 0.6) is 0 Å². The number of aryl methyl sites for hydroxylation is 1. The lowest BCUT2D eigenvalue weighted by Gasteiger charge is -2.06. The van der Waals surface area contributed by atoms with E-state index >= 15 is 0 Å². The molecule has 84 valence electrons. The van der Waals surface area contributed by atoms with Gasteiger partial charge in [-0.2, -0.15) is 0 Å². The summed E-state index contributed by atoms with van der Waals surface area (Å²) in [5.74, 6) is 0. The zero-order valence-electron chi connectivity index (χ0n) is 9.36. The van der Waals surface area contributed by atoms with E-state index in [1.165, 1.54) is 5.56 Å². The average Bonchev–Trinajstić information content (AvgIpc) is 2.24. The van der Waals surface area contributed by atoms with E-state index in [1.807, 2.05) is 6.07 Å². The van der Waals surface area contributed by atoms with E-state index in [2.05, 4.69) is 24.3 Å². The lowest BCUT2D eigenvalue weighted by Crippen LogP contribution is -2.10. The van der Waals surface area contributed by atoms with Crippen LogP contribution in [0.15, 0.2) is 30.3 Å². The first-order valence-electron chi connectivity index (χ1n) is 5.59. The van der Waals surface area contributed by atoms with Crippen molar-refractivity contribution in [3.8, 4) is 0 Å². The third-order valence-electron chi connectivity index (χ3n) is 2.21. The standard InChI is InChI=1S/C13H20O2/c1-12(14)11-15-10-6-5-9-13-7-3-2-4-8-13/h2-4,7-8,12,14H,5-6,9-11H2,1H3. The van der Waals surface area contributed by atoms with Crippen LogP contribution in [0.25, 0.3) is 0 Å². The fourth-order valence-corrected chi connectivity index (χ4v) is 1.43. The highest BCUT2D eigenvalue weighted by atomic mass is 16.5. The number of ether oxygens (including phenoxy) is 1. The van der Waals surface area contributed by atoms with Crippen LogP contribution in [0.1, 0.15) is 25.3 Å². The van der Waals surface area contributed by atoms with Gasteiger partial charge in [0.05, 0.1) is 12.7 Å². The third-order valence-corrected chi connectivity index (χ3v) is 2.21.